The lowest BCUT2D eigenvalue weighted by molar-refractivity contribution is 0.0718. The molecule has 112 valence electrons. The largest absolute Gasteiger partial charge is 0.398 e. The molecule has 0 aliphatic heterocycles. The van der Waals surface area contributed by atoms with Gasteiger partial charge in [-0.1, -0.05) is 37.8 Å². The molecule has 3 N–H and O–H groups in total. The molecule has 1 amide bonds. The minimum Gasteiger partial charge on any atom is -0.398 e. The third-order valence-electron chi connectivity index (χ3n) is 3.18. The number of carbonyl (C=O) groups excluding carboxylic acids is 1. The third kappa shape index (κ3) is 5.02. The zero-order valence-corrected chi connectivity index (χ0v) is 12.7. The van der Waals surface area contributed by atoms with Crippen molar-refractivity contribution in [1.29, 1.82) is 0 Å². The van der Waals surface area contributed by atoms with Gasteiger partial charge in [0.2, 0.25) is 0 Å². The maximum Gasteiger partial charge on any atom is 0.254 e. The predicted octanol–water partition coefficient (Wildman–Crippen LogP) is 2.94. The molecule has 1 rings (SSSR count). The summed E-state index contributed by atoms with van der Waals surface area (Å²) in [4.78, 5) is 14.0. The number of nitrogen functional groups attached to an aromatic ring is 1. The molecule has 0 saturated heterocycles. The molecule has 0 heterocycles. The molecule has 0 aliphatic rings. The number of halogens is 1. The van der Waals surface area contributed by atoms with Crippen LogP contribution < -0.4 is 5.73 Å². The summed E-state index contributed by atoms with van der Waals surface area (Å²) in [6.45, 7) is 3.10. The Morgan fingerprint density at radius 1 is 1.30 bits per heavy atom. The number of benzene rings is 1. The van der Waals surface area contributed by atoms with Crippen LogP contribution >= 0.6 is 11.6 Å². The summed E-state index contributed by atoms with van der Waals surface area (Å²) < 4.78 is 0. The normalized spacial score (nSPS) is 10.6. The summed E-state index contributed by atoms with van der Waals surface area (Å²) in [6, 6.07) is 4.87. The van der Waals surface area contributed by atoms with E-state index in [2.05, 4.69) is 6.92 Å². The van der Waals surface area contributed by atoms with Crippen molar-refractivity contribution in [2.24, 2.45) is 0 Å². The van der Waals surface area contributed by atoms with Gasteiger partial charge in [-0.25, -0.2) is 0 Å². The average molecular weight is 299 g/mol. The first-order valence-corrected chi connectivity index (χ1v) is 7.43. The van der Waals surface area contributed by atoms with Crippen molar-refractivity contribution in [3.05, 3.63) is 28.8 Å². The number of nitrogens with zero attached hydrogens (tertiary/aromatic N) is 1. The highest BCUT2D eigenvalue weighted by molar-refractivity contribution is 6.33. The second-order valence-electron chi connectivity index (χ2n) is 4.81. The quantitative estimate of drug-likeness (QED) is 0.573. The molecule has 0 saturated carbocycles. The molecule has 0 fully saturated rings. The van der Waals surface area contributed by atoms with E-state index in [9.17, 15) is 4.79 Å². The number of amides is 1. The van der Waals surface area contributed by atoms with Gasteiger partial charge >= 0.3 is 0 Å². The Morgan fingerprint density at radius 3 is 2.65 bits per heavy atom. The van der Waals surface area contributed by atoms with Crippen LogP contribution in [-0.4, -0.2) is 35.6 Å². The summed E-state index contributed by atoms with van der Waals surface area (Å²) in [7, 11) is 0. The molecule has 1 aromatic carbocycles. The smallest absolute Gasteiger partial charge is 0.254 e. The lowest BCUT2D eigenvalue weighted by Gasteiger charge is -2.22. The molecule has 4 nitrogen and oxygen atoms in total. The fraction of sp³-hybridized carbons (Fsp3) is 0.533. The van der Waals surface area contributed by atoms with E-state index in [1.807, 2.05) is 0 Å². The first-order chi connectivity index (χ1) is 9.60. The van der Waals surface area contributed by atoms with Crippen molar-refractivity contribution in [1.82, 2.24) is 4.90 Å². The summed E-state index contributed by atoms with van der Waals surface area (Å²) in [5.74, 6) is -0.112. The second kappa shape index (κ2) is 8.82. The molecular weight excluding hydrogens is 276 g/mol. The SMILES string of the molecule is CCCCCCN(CCO)C(=O)c1ccc(Cl)c(N)c1. The van der Waals surface area contributed by atoms with Gasteiger partial charge < -0.3 is 15.7 Å². The van der Waals surface area contributed by atoms with Crippen molar-refractivity contribution < 1.29 is 9.90 Å². The lowest BCUT2D eigenvalue weighted by atomic mass is 10.1. The lowest BCUT2D eigenvalue weighted by Crippen LogP contribution is -2.34. The molecular formula is C15H23ClN2O2. The van der Waals surface area contributed by atoms with Crippen LogP contribution in [0.5, 0.6) is 0 Å². The van der Waals surface area contributed by atoms with E-state index >= 15 is 0 Å². The third-order valence-corrected chi connectivity index (χ3v) is 3.53. The Morgan fingerprint density at radius 2 is 2.05 bits per heavy atom. The molecule has 0 bridgehead atoms. The molecule has 0 radical (unpaired) electrons. The van der Waals surface area contributed by atoms with Crippen LogP contribution in [0.15, 0.2) is 18.2 Å². The Balaban J connectivity index is 2.69. The van der Waals surface area contributed by atoms with Crippen molar-refractivity contribution in [2.75, 3.05) is 25.4 Å². The van der Waals surface area contributed by atoms with Gasteiger partial charge in [0.1, 0.15) is 0 Å². The number of aliphatic hydroxyl groups excluding tert-OH is 1. The molecule has 20 heavy (non-hydrogen) atoms. The van der Waals surface area contributed by atoms with E-state index in [0.717, 1.165) is 25.7 Å². The first kappa shape index (κ1) is 16.8. The zero-order chi connectivity index (χ0) is 15.0. The van der Waals surface area contributed by atoms with Gasteiger partial charge in [0.15, 0.2) is 0 Å². The molecule has 0 aliphatic carbocycles. The summed E-state index contributed by atoms with van der Waals surface area (Å²) in [6.07, 6.45) is 4.35. The monoisotopic (exact) mass is 298 g/mol. The van der Waals surface area contributed by atoms with E-state index in [4.69, 9.17) is 22.4 Å². The Bertz CT molecular complexity index is 438. The molecule has 1 aromatic rings. The minimum absolute atomic E-state index is 0.0391. The van der Waals surface area contributed by atoms with E-state index in [0.29, 0.717) is 29.4 Å². The van der Waals surface area contributed by atoms with Crippen LogP contribution in [0.4, 0.5) is 5.69 Å². The average Bonchev–Trinajstić information content (AvgIpc) is 2.44. The number of hydrogen-bond donors (Lipinski definition) is 2. The second-order valence-corrected chi connectivity index (χ2v) is 5.22. The van der Waals surface area contributed by atoms with Crippen LogP contribution in [0.25, 0.3) is 0 Å². The van der Waals surface area contributed by atoms with Crippen LogP contribution in [0, 0.1) is 0 Å². The highest BCUT2D eigenvalue weighted by Crippen LogP contribution is 2.20. The van der Waals surface area contributed by atoms with Crippen molar-refractivity contribution in [2.45, 2.75) is 32.6 Å². The fourth-order valence-electron chi connectivity index (χ4n) is 2.02. The molecule has 0 spiro atoms. The maximum absolute atomic E-state index is 12.4. The van der Waals surface area contributed by atoms with Crippen molar-refractivity contribution >= 4 is 23.2 Å². The molecule has 5 heteroatoms. The highest BCUT2D eigenvalue weighted by atomic mass is 35.5. The number of anilines is 1. The molecule has 0 aromatic heterocycles. The topological polar surface area (TPSA) is 66.6 Å². The molecule has 0 atom stereocenters. The standard InChI is InChI=1S/C15H23ClN2O2/c1-2-3-4-5-8-18(9-10-19)15(20)12-6-7-13(16)14(17)11-12/h6-7,11,19H,2-5,8-10,17H2,1H3. The first-order valence-electron chi connectivity index (χ1n) is 7.05. The summed E-state index contributed by atoms with van der Waals surface area (Å²) in [5, 5.41) is 9.54. The van der Waals surface area contributed by atoms with Crippen molar-refractivity contribution in [3.63, 3.8) is 0 Å². The fourth-order valence-corrected chi connectivity index (χ4v) is 2.14. The predicted molar refractivity (Wildman–Crippen MR) is 83.0 cm³/mol. The van der Waals surface area contributed by atoms with E-state index in [1.54, 1.807) is 23.1 Å². The van der Waals surface area contributed by atoms with Crippen LogP contribution in [0.2, 0.25) is 5.02 Å². The number of carbonyl (C=O) groups is 1. The van der Waals surface area contributed by atoms with Gasteiger partial charge in [-0.2, -0.15) is 0 Å². The van der Waals surface area contributed by atoms with Crippen LogP contribution in [-0.2, 0) is 0 Å². The number of nitrogens with two attached hydrogens (primary N) is 1. The van der Waals surface area contributed by atoms with E-state index in [1.165, 1.54) is 0 Å². The van der Waals surface area contributed by atoms with Gasteiger partial charge in [-0.05, 0) is 24.6 Å². The van der Waals surface area contributed by atoms with E-state index < -0.39 is 0 Å². The number of aliphatic hydroxyl groups is 1. The Labute approximate surface area is 125 Å². The van der Waals surface area contributed by atoms with Gasteiger partial charge in [0, 0.05) is 18.7 Å². The summed E-state index contributed by atoms with van der Waals surface area (Å²) >= 11 is 5.85. The Kier molecular flexibility index (Phi) is 7.41. The highest BCUT2D eigenvalue weighted by Gasteiger charge is 2.15. The Hall–Kier alpha value is -1.26. The zero-order valence-electron chi connectivity index (χ0n) is 11.9. The van der Waals surface area contributed by atoms with Crippen LogP contribution in [0.1, 0.15) is 43.0 Å². The summed E-state index contributed by atoms with van der Waals surface area (Å²) in [5.41, 5.74) is 6.63. The van der Waals surface area contributed by atoms with Crippen LogP contribution in [0.3, 0.4) is 0 Å². The van der Waals surface area contributed by atoms with Gasteiger partial charge in [-0.3, -0.25) is 4.79 Å². The maximum atomic E-state index is 12.4. The minimum atomic E-state index is -0.112. The number of hydrogen-bond acceptors (Lipinski definition) is 3. The van der Waals surface area contributed by atoms with E-state index in [-0.39, 0.29) is 12.5 Å². The number of unbranched alkanes of at least 4 members (excludes halogenated alkanes) is 3. The molecule has 0 unspecified atom stereocenters. The van der Waals surface area contributed by atoms with Gasteiger partial charge in [0.05, 0.1) is 17.3 Å². The van der Waals surface area contributed by atoms with Crippen molar-refractivity contribution in [3.8, 4) is 0 Å². The number of rotatable bonds is 8. The van der Waals surface area contributed by atoms with Gasteiger partial charge in [-0.15, -0.1) is 0 Å². The van der Waals surface area contributed by atoms with Gasteiger partial charge in [0.25, 0.3) is 5.91 Å².